The van der Waals surface area contributed by atoms with Crippen LogP contribution in [0, 0.1) is 6.92 Å². The molecule has 4 rings (SSSR count). The minimum Gasteiger partial charge on any atom is -0.347 e. The highest BCUT2D eigenvalue weighted by atomic mass is 35.5. The van der Waals surface area contributed by atoms with Crippen molar-refractivity contribution in [1.82, 2.24) is 14.9 Å². The number of aromatic nitrogens is 2. The van der Waals surface area contributed by atoms with Crippen molar-refractivity contribution in [3.8, 4) is 0 Å². The second kappa shape index (κ2) is 7.44. The highest BCUT2D eigenvalue weighted by molar-refractivity contribution is 7.20. The van der Waals surface area contributed by atoms with Crippen LogP contribution in [0.1, 0.15) is 45.9 Å². The Morgan fingerprint density at radius 2 is 2.19 bits per heavy atom. The number of hydrogen-bond acceptors (Lipinski definition) is 4. The lowest BCUT2D eigenvalue weighted by Gasteiger charge is -2.08. The molecule has 0 atom stereocenters. The van der Waals surface area contributed by atoms with Gasteiger partial charge in [0.1, 0.15) is 10.7 Å². The first-order valence-electron chi connectivity index (χ1n) is 9.10. The molecule has 7 heteroatoms. The van der Waals surface area contributed by atoms with Crippen molar-refractivity contribution in [3.05, 3.63) is 61.5 Å². The molecule has 0 saturated heterocycles. The molecule has 0 aliphatic carbocycles. The number of carbonyl (C=O) groups excluding carboxylic acids is 1. The quantitative estimate of drug-likeness (QED) is 0.719. The van der Waals surface area contributed by atoms with Crippen LogP contribution in [0.25, 0.3) is 10.2 Å². The predicted molar refractivity (Wildman–Crippen MR) is 109 cm³/mol. The zero-order chi connectivity index (χ0) is 19.0. The van der Waals surface area contributed by atoms with E-state index < -0.39 is 0 Å². The van der Waals surface area contributed by atoms with E-state index in [2.05, 4.69) is 5.32 Å². The molecule has 140 valence electrons. The number of nitrogens with one attached hydrogen (secondary N) is 1. The summed E-state index contributed by atoms with van der Waals surface area (Å²) in [6.45, 7) is 2.93. The van der Waals surface area contributed by atoms with E-state index in [0.29, 0.717) is 33.2 Å². The van der Waals surface area contributed by atoms with E-state index in [0.717, 1.165) is 42.6 Å². The normalized spacial score (nSPS) is 14.0. The number of carbonyl (C=O) groups is 1. The number of benzene rings is 1. The van der Waals surface area contributed by atoms with Gasteiger partial charge < -0.3 is 5.32 Å². The number of halogens is 1. The van der Waals surface area contributed by atoms with Crippen molar-refractivity contribution >= 4 is 39.1 Å². The van der Waals surface area contributed by atoms with Crippen LogP contribution in [0.15, 0.2) is 29.1 Å². The average Bonchev–Trinajstić information content (AvgIpc) is 2.82. The summed E-state index contributed by atoms with van der Waals surface area (Å²) in [4.78, 5) is 31.6. The van der Waals surface area contributed by atoms with Crippen LogP contribution in [-0.4, -0.2) is 15.5 Å². The van der Waals surface area contributed by atoms with Crippen molar-refractivity contribution in [1.29, 1.82) is 0 Å². The highest BCUT2D eigenvalue weighted by Gasteiger charge is 2.22. The lowest BCUT2D eigenvalue weighted by Crippen LogP contribution is -2.25. The molecule has 0 radical (unpaired) electrons. The summed E-state index contributed by atoms with van der Waals surface area (Å²) in [5, 5.41) is 4.14. The van der Waals surface area contributed by atoms with Crippen LogP contribution in [0.5, 0.6) is 0 Å². The standard InChI is InChI=1S/C20H20ClN3O2S/c1-12-16-19(23-15-8-3-2-4-9-24(15)20(16)26)27-17(12)18(25)22-11-13-6-5-7-14(21)10-13/h5-7,10H,2-4,8-9,11H2,1H3,(H,22,25). The number of rotatable bonds is 3. The molecule has 0 saturated carbocycles. The first-order chi connectivity index (χ1) is 13.0. The van der Waals surface area contributed by atoms with Gasteiger partial charge >= 0.3 is 0 Å². The van der Waals surface area contributed by atoms with Crippen molar-refractivity contribution in [2.45, 2.75) is 45.7 Å². The maximum Gasteiger partial charge on any atom is 0.262 e. The van der Waals surface area contributed by atoms with Gasteiger partial charge in [-0.25, -0.2) is 4.98 Å². The van der Waals surface area contributed by atoms with Crippen LogP contribution in [0.4, 0.5) is 0 Å². The minimum atomic E-state index is -0.185. The smallest absolute Gasteiger partial charge is 0.262 e. The van der Waals surface area contributed by atoms with Crippen molar-refractivity contribution in [3.63, 3.8) is 0 Å². The van der Waals surface area contributed by atoms with E-state index in [1.807, 2.05) is 25.1 Å². The van der Waals surface area contributed by atoms with Gasteiger partial charge in [0.05, 0.1) is 10.3 Å². The maximum absolute atomic E-state index is 13.0. The average molecular weight is 402 g/mol. The summed E-state index contributed by atoms with van der Waals surface area (Å²) in [5.41, 5.74) is 1.63. The molecule has 1 amide bonds. The minimum absolute atomic E-state index is 0.0143. The van der Waals surface area contributed by atoms with Gasteiger partial charge in [0.25, 0.3) is 11.5 Å². The third-order valence-electron chi connectivity index (χ3n) is 4.96. The third kappa shape index (κ3) is 3.51. The van der Waals surface area contributed by atoms with Crippen LogP contribution < -0.4 is 10.9 Å². The molecule has 27 heavy (non-hydrogen) atoms. The van der Waals surface area contributed by atoms with Gasteiger partial charge in [-0.3, -0.25) is 14.2 Å². The lowest BCUT2D eigenvalue weighted by molar-refractivity contribution is 0.0954. The summed E-state index contributed by atoms with van der Waals surface area (Å²) >= 11 is 7.29. The van der Waals surface area contributed by atoms with E-state index in [1.165, 1.54) is 11.3 Å². The fourth-order valence-electron chi connectivity index (χ4n) is 3.54. The van der Waals surface area contributed by atoms with Gasteiger partial charge in [-0.15, -0.1) is 11.3 Å². The van der Waals surface area contributed by atoms with Gasteiger partial charge in [-0.2, -0.15) is 0 Å². The molecule has 0 fully saturated rings. The molecule has 1 aromatic carbocycles. The molecule has 3 heterocycles. The molecule has 0 spiro atoms. The predicted octanol–water partition coefficient (Wildman–Crippen LogP) is 4.08. The van der Waals surface area contributed by atoms with Gasteiger partial charge in [-0.05, 0) is 43.0 Å². The molecule has 1 aliphatic heterocycles. The van der Waals surface area contributed by atoms with Gasteiger partial charge in [-0.1, -0.05) is 30.2 Å². The Bertz CT molecular complexity index is 1090. The molecule has 1 N–H and O–H groups in total. The van der Waals surface area contributed by atoms with E-state index in [4.69, 9.17) is 16.6 Å². The maximum atomic E-state index is 13.0. The second-order valence-electron chi connectivity index (χ2n) is 6.84. The van der Waals surface area contributed by atoms with E-state index in [-0.39, 0.29) is 11.5 Å². The summed E-state index contributed by atoms with van der Waals surface area (Å²) in [6, 6.07) is 7.39. The lowest BCUT2D eigenvalue weighted by atomic mass is 10.2. The Labute approximate surface area is 166 Å². The Kier molecular flexibility index (Phi) is 5.02. The van der Waals surface area contributed by atoms with E-state index in [9.17, 15) is 9.59 Å². The molecule has 0 bridgehead atoms. The van der Waals surface area contributed by atoms with Gasteiger partial charge in [0.2, 0.25) is 0 Å². The Hall–Kier alpha value is -2.18. The van der Waals surface area contributed by atoms with Gasteiger partial charge in [0, 0.05) is 24.5 Å². The number of thiophene rings is 1. The van der Waals surface area contributed by atoms with E-state index >= 15 is 0 Å². The summed E-state index contributed by atoms with van der Waals surface area (Å²) < 4.78 is 1.79. The molecule has 5 nitrogen and oxygen atoms in total. The first kappa shape index (κ1) is 18.2. The summed E-state index contributed by atoms with van der Waals surface area (Å²) in [7, 11) is 0. The summed E-state index contributed by atoms with van der Waals surface area (Å²) in [6.07, 6.45) is 3.98. The molecule has 0 unspecified atom stereocenters. The Morgan fingerprint density at radius 3 is 3.00 bits per heavy atom. The first-order valence-corrected chi connectivity index (χ1v) is 10.3. The zero-order valence-electron chi connectivity index (χ0n) is 15.0. The molecule has 1 aliphatic rings. The van der Waals surface area contributed by atoms with Crippen LogP contribution >= 0.6 is 22.9 Å². The second-order valence-corrected chi connectivity index (χ2v) is 8.28. The molecule has 2 aromatic heterocycles. The fourth-order valence-corrected chi connectivity index (χ4v) is 4.86. The topological polar surface area (TPSA) is 64.0 Å². The van der Waals surface area contributed by atoms with Crippen LogP contribution in [0.2, 0.25) is 5.02 Å². The van der Waals surface area contributed by atoms with Crippen LogP contribution in [0.3, 0.4) is 0 Å². The monoisotopic (exact) mass is 401 g/mol. The third-order valence-corrected chi connectivity index (χ3v) is 6.38. The number of hydrogen-bond donors (Lipinski definition) is 1. The van der Waals surface area contributed by atoms with E-state index in [1.54, 1.807) is 10.6 Å². The van der Waals surface area contributed by atoms with Crippen molar-refractivity contribution < 1.29 is 4.79 Å². The molecule has 3 aromatic rings. The summed E-state index contributed by atoms with van der Waals surface area (Å²) in [5.74, 6) is 0.659. The molecular weight excluding hydrogens is 382 g/mol. The van der Waals surface area contributed by atoms with Crippen LogP contribution in [-0.2, 0) is 19.5 Å². The number of fused-ring (bicyclic) bond motifs is 2. The van der Waals surface area contributed by atoms with Gasteiger partial charge in [0.15, 0.2) is 0 Å². The highest BCUT2D eigenvalue weighted by Crippen LogP contribution is 2.28. The molecular formula is C20H20ClN3O2S. The van der Waals surface area contributed by atoms with Crippen molar-refractivity contribution in [2.24, 2.45) is 0 Å². The SMILES string of the molecule is Cc1c(C(=O)NCc2cccc(Cl)c2)sc2nc3n(c(=O)c12)CCCCC3. The largest absolute Gasteiger partial charge is 0.347 e. The fraction of sp³-hybridized carbons (Fsp3) is 0.350. The number of aryl methyl sites for hydroxylation is 2. The number of nitrogens with zero attached hydrogens (tertiary/aromatic N) is 2. The Morgan fingerprint density at radius 1 is 1.33 bits per heavy atom. The van der Waals surface area contributed by atoms with Crippen molar-refractivity contribution in [2.75, 3.05) is 0 Å². The Balaban J connectivity index is 1.66. The zero-order valence-corrected chi connectivity index (χ0v) is 16.6. The number of amides is 1.